The Labute approximate surface area is 227 Å². The van der Waals surface area contributed by atoms with E-state index in [4.69, 9.17) is 18.4 Å². The van der Waals surface area contributed by atoms with Gasteiger partial charge in [0.05, 0.1) is 37.4 Å². The van der Waals surface area contributed by atoms with E-state index in [0.29, 0.717) is 19.8 Å². The van der Waals surface area contributed by atoms with Crippen LogP contribution in [0.5, 0.6) is 0 Å². The fourth-order valence-corrected chi connectivity index (χ4v) is 6.82. The summed E-state index contributed by atoms with van der Waals surface area (Å²) in [5.74, 6) is -0.223. The number of rotatable bonds is 7. The molecule has 0 unspecified atom stereocenters. The summed E-state index contributed by atoms with van der Waals surface area (Å²) in [7, 11) is -4.34. The van der Waals surface area contributed by atoms with Gasteiger partial charge in [-0.05, 0) is 55.7 Å². The number of fused-ring (bicyclic) bond motifs is 2. The summed E-state index contributed by atoms with van der Waals surface area (Å²) < 4.78 is 20.7. The maximum absolute atomic E-state index is 14.2. The number of Topliss-reactive ketones (excluding diaryl/α,β-unsaturated/α-hetero) is 1. The Bertz CT molecular complexity index is 936. The second-order valence-corrected chi connectivity index (χ2v) is 24.0. The SMILES string of the molecule is CC1(C)O[C@H](CO[Si](C)(C)C(C)(C)C)[C@@H](O[Si](C)(C)C(C)(C)C)[C@H]2C(=O)[C@@H]1CON2Cc1ccccc1. The zero-order chi connectivity index (χ0) is 28.0. The highest BCUT2D eigenvalue weighted by Gasteiger charge is 2.57. The molecule has 3 rings (SSSR count). The maximum atomic E-state index is 14.2. The van der Waals surface area contributed by atoms with E-state index in [1.807, 2.05) is 37.1 Å². The number of carbonyl (C=O) groups excluding carboxylic acids is 1. The Morgan fingerprint density at radius 2 is 1.54 bits per heavy atom. The molecule has 0 aliphatic carbocycles. The van der Waals surface area contributed by atoms with Crippen LogP contribution in [-0.4, -0.2) is 64.5 Å². The third kappa shape index (κ3) is 6.65. The Balaban J connectivity index is 2.06. The van der Waals surface area contributed by atoms with Gasteiger partial charge in [0.1, 0.15) is 12.1 Å². The van der Waals surface area contributed by atoms with E-state index >= 15 is 0 Å². The number of carbonyl (C=O) groups is 1. The molecule has 0 saturated carbocycles. The number of benzene rings is 1. The molecule has 0 amide bonds. The molecule has 0 aromatic heterocycles. The monoisotopic (exact) mass is 549 g/mol. The van der Waals surface area contributed by atoms with Crippen LogP contribution in [0.3, 0.4) is 0 Å². The van der Waals surface area contributed by atoms with Gasteiger partial charge in [0, 0.05) is 0 Å². The van der Waals surface area contributed by atoms with Gasteiger partial charge in [-0.1, -0.05) is 71.9 Å². The molecule has 210 valence electrons. The minimum Gasteiger partial charge on any atom is -0.414 e. The number of ketones is 1. The lowest BCUT2D eigenvalue weighted by Crippen LogP contribution is -2.62. The van der Waals surface area contributed by atoms with Crippen molar-refractivity contribution in [2.75, 3.05) is 13.2 Å². The van der Waals surface area contributed by atoms with Gasteiger partial charge in [0.2, 0.25) is 0 Å². The van der Waals surface area contributed by atoms with E-state index in [0.717, 1.165) is 5.56 Å². The van der Waals surface area contributed by atoms with Crippen molar-refractivity contribution in [2.45, 2.75) is 122 Å². The van der Waals surface area contributed by atoms with E-state index in [1.165, 1.54) is 0 Å². The number of hydrogen-bond donors (Lipinski definition) is 0. The third-order valence-electron chi connectivity index (χ3n) is 9.16. The van der Waals surface area contributed by atoms with E-state index in [9.17, 15) is 4.79 Å². The first-order valence-corrected chi connectivity index (χ1v) is 19.6. The first kappa shape index (κ1) is 30.7. The van der Waals surface area contributed by atoms with Gasteiger partial charge in [-0.2, -0.15) is 5.06 Å². The first-order chi connectivity index (χ1) is 16.8. The maximum Gasteiger partial charge on any atom is 0.192 e. The minimum absolute atomic E-state index is 0.0259. The van der Waals surface area contributed by atoms with Crippen LogP contribution in [0.15, 0.2) is 30.3 Å². The predicted molar refractivity (Wildman–Crippen MR) is 154 cm³/mol. The van der Waals surface area contributed by atoms with Crippen LogP contribution in [0.4, 0.5) is 0 Å². The van der Waals surface area contributed by atoms with Crippen LogP contribution in [0.25, 0.3) is 0 Å². The van der Waals surface area contributed by atoms with Crippen molar-refractivity contribution in [3.8, 4) is 0 Å². The molecule has 0 radical (unpaired) electrons. The Morgan fingerprint density at radius 3 is 2.08 bits per heavy atom. The smallest absolute Gasteiger partial charge is 0.192 e. The number of hydroxylamine groups is 2. The summed E-state index contributed by atoms with van der Waals surface area (Å²) in [6.45, 7) is 27.6. The average Bonchev–Trinajstić information content (AvgIpc) is 2.78. The van der Waals surface area contributed by atoms with Crippen molar-refractivity contribution < 1.29 is 23.2 Å². The van der Waals surface area contributed by atoms with Gasteiger partial charge in [0.25, 0.3) is 0 Å². The highest BCUT2D eigenvalue weighted by atomic mass is 28.4. The molecule has 2 bridgehead atoms. The van der Waals surface area contributed by atoms with Gasteiger partial charge in [-0.15, -0.1) is 0 Å². The summed E-state index contributed by atoms with van der Waals surface area (Å²) in [6.07, 6.45) is -0.886. The van der Waals surface area contributed by atoms with Crippen molar-refractivity contribution in [3.05, 3.63) is 35.9 Å². The molecule has 8 heteroatoms. The lowest BCUT2D eigenvalue weighted by atomic mass is 9.83. The molecule has 2 aliphatic rings. The molecule has 0 N–H and O–H groups in total. The highest BCUT2D eigenvalue weighted by Crippen LogP contribution is 2.44. The zero-order valence-corrected chi connectivity index (χ0v) is 27.3. The normalized spacial score (nSPS) is 27.7. The third-order valence-corrected chi connectivity index (χ3v) is 18.1. The molecule has 0 spiro atoms. The van der Waals surface area contributed by atoms with Crippen LogP contribution in [0.1, 0.15) is 61.0 Å². The van der Waals surface area contributed by atoms with Crippen molar-refractivity contribution >= 4 is 22.4 Å². The lowest BCUT2D eigenvalue weighted by Gasteiger charge is -2.46. The van der Waals surface area contributed by atoms with Crippen molar-refractivity contribution in [2.24, 2.45) is 5.92 Å². The van der Waals surface area contributed by atoms with Gasteiger partial charge >= 0.3 is 0 Å². The quantitative estimate of drug-likeness (QED) is 0.358. The number of hydrogen-bond acceptors (Lipinski definition) is 6. The fourth-order valence-electron chi connectivity index (χ4n) is 4.49. The molecule has 2 saturated heterocycles. The van der Waals surface area contributed by atoms with Gasteiger partial charge < -0.3 is 13.6 Å². The summed E-state index contributed by atoms with van der Waals surface area (Å²) in [4.78, 5) is 20.5. The molecular weight excluding hydrogens is 498 g/mol. The molecule has 2 aliphatic heterocycles. The van der Waals surface area contributed by atoms with Crippen molar-refractivity contribution in [3.63, 3.8) is 0 Å². The molecule has 2 heterocycles. The highest BCUT2D eigenvalue weighted by molar-refractivity contribution is 6.74. The Morgan fingerprint density at radius 1 is 0.973 bits per heavy atom. The van der Waals surface area contributed by atoms with Gasteiger partial charge in [0.15, 0.2) is 22.4 Å². The van der Waals surface area contributed by atoms with Crippen LogP contribution >= 0.6 is 0 Å². The second-order valence-electron chi connectivity index (χ2n) is 14.4. The average molecular weight is 550 g/mol. The number of nitrogens with zero attached hydrogens (tertiary/aromatic N) is 1. The van der Waals surface area contributed by atoms with Crippen molar-refractivity contribution in [1.82, 2.24) is 5.06 Å². The minimum atomic E-state index is -2.28. The van der Waals surface area contributed by atoms with E-state index in [2.05, 4.69) is 79.9 Å². The van der Waals surface area contributed by atoms with Gasteiger partial charge in [-0.3, -0.25) is 9.63 Å². The topological polar surface area (TPSA) is 57.2 Å². The summed E-state index contributed by atoms with van der Waals surface area (Å²) in [5.41, 5.74) is 0.402. The number of ether oxygens (including phenoxy) is 1. The molecule has 1 aromatic rings. The van der Waals surface area contributed by atoms with Crippen LogP contribution in [-0.2, 0) is 29.8 Å². The fraction of sp³-hybridized carbons (Fsp3) is 0.759. The summed E-state index contributed by atoms with van der Waals surface area (Å²) in [6, 6.07) is 9.60. The van der Waals surface area contributed by atoms with Crippen LogP contribution in [0.2, 0.25) is 36.3 Å². The van der Waals surface area contributed by atoms with Crippen molar-refractivity contribution in [1.29, 1.82) is 0 Å². The summed E-state index contributed by atoms with van der Waals surface area (Å²) >= 11 is 0. The Kier molecular flexibility index (Phi) is 8.78. The molecule has 6 nitrogen and oxygen atoms in total. The van der Waals surface area contributed by atoms with Crippen LogP contribution in [0, 0.1) is 5.92 Å². The molecular formula is C29H51NO5Si2. The molecule has 37 heavy (non-hydrogen) atoms. The van der Waals surface area contributed by atoms with E-state index in [-0.39, 0.29) is 21.8 Å². The molecule has 1 aromatic carbocycles. The standard InChI is InChI=1S/C29H51NO5Si2/c1-27(2,3)36(9,10)33-20-23-26(35-37(11,12)28(4,5)6)24-25(31)22(29(7,8)34-23)19-32-30(24)18-21-16-14-13-15-17-21/h13-17,22-24,26H,18-20H2,1-12H3/t22-,23+,24+,26+/m0/s1. The summed E-state index contributed by atoms with van der Waals surface area (Å²) in [5, 5.41) is 1.90. The Hall–Kier alpha value is -0.876. The van der Waals surface area contributed by atoms with Crippen LogP contribution < -0.4 is 0 Å². The first-order valence-electron chi connectivity index (χ1n) is 13.7. The molecule has 2 fully saturated rings. The lowest BCUT2D eigenvalue weighted by molar-refractivity contribution is -0.239. The second kappa shape index (κ2) is 10.6. The predicted octanol–water partition coefficient (Wildman–Crippen LogP) is 6.58. The van der Waals surface area contributed by atoms with Gasteiger partial charge in [-0.25, -0.2) is 0 Å². The largest absolute Gasteiger partial charge is 0.414 e. The van der Waals surface area contributed by atoms with E-state index in [1.54, 1.807) is 0 Å². The van der Waals surface area contributed by atoms with E-state index < -0.39 is 40.5 Å². The molecule has 4 atom stereocenters. The zero-order valence-electron chi connectivity index (χ0n) is 25.3.